The molecule has 7 heteroatoms. The monoisotopic (exact) mass is 319 g/mol. The van der Waals surface area contributed by atoms with Gasteiger partial charge < -0.3 is 10.5 Å². The molecule has 0 saturated heterocycles. The Morgan fingerprint density at radius 3 is 2.43 bits per heavy atom. The van der Waals surface area contributed by atoms with Crippen LogP contribution in [0.1, 0.15) is 5.56 Å². The van der Waals surface area contributed by atoms with Crippen molar-refractivity contribution < 1.29 is 22.3 Å². The van der Waals surface area contributed by atoms with Crippen LogP contribution < -0.4 is 10.5 Å². The van der Waals surface area contributed by atoms with Crippen LogP contribution in [0.2, 0.25) is 5.02 Å². The lowest BCUT2D eigenvalue weighted by Crippen LogP contribution is -2.18. The standard InChI is InChI=1S/C14H10ClF4NO/c15-12-3-2-10(16)6-11(12)8-1-4-13(9(5-8)7-20)21-14(17,18)19/h1-6H,7,20H2. The fourth-order valence-electron chi connectivity index (χ4n) is 1.85. The Labute approximate surface area is 123 Å². The Balaban J connectivity index is 2.46. The molecule has 0 aromatic heterocycles. The average molecular weight is 320 g/mol. The fourth-order valence-corrected chi connectivity index (χ4v) is 2.08. The molecule has 21 heavy (non-hydrogen) atoms. The van der Waals surface area contributed by atoms with E-state index in [1.807, 2.05) is 0 Å². The lowest BCUT2D eigenvalue weighted by atomic mass is 10.0. The van der Waals surface area contributed by atoms with Crippen molar-refractivity contribution in [3.05, 3.63) is 52.8 Å². The van der Waals surface area contributed by atoms with Crippen LogP contribution in [-0.2, 0) is 6.54 Å². The first-order chi connectivity index (χ1) is 9.80. The molecule has 0 radical (unpaired) electrons. The third kappa shape index (κ3) is 3.86. The molecule has 2 N–H and O–H groups in total. The first kappa shape index (κ1) is 15.6. The molecule has 0 heterocycles. The lowest BCUT2D eigenvalue weighted by Gasteiger charge is -2.14. The maximum Gasteiger partial charge on any atom is 0.573 e. The molecule has 2 aromatic carbocycles. The fraction of sp³-hybridized carbons (Fsp3) is 0.143. The minimum atomic E-state index is -4.80. The van der Waals surface area contributed by atoms with Crippen molar-refractivity contribution in [1.82, 2.24) is 0 Å². The van der Waals surface area contributed by atoms with Crippen molar-refractivity contribution in [1.29, 1.82) is 0 Å². The van der Waals surface area contributed by atoms with Crippen LogP contribution in [0.5, 0.6) is 5.75 Å². The molecule has 0 aliphatic heterocycles. The van der Waals surface area contributed by atoms with Gasteiger partial charge in [0.2, 0.25) is 0 Å². The number of nitrogens with two attached hydrogens (primary N) is 1. The molecule has 0 aliphatic carbocycles. The second kappa shape index (κ2) is 5.91. The molecular formula is C14H10ClF4NO. The summed E-state index contributed by atoms with van der Waals surface area (Å²) in [6, 6.07) is 7.64. The number of ether oxygens (including phenoxy) is 1. The van der Waals surface area contributed by atoms with Gasteiger partial charge in [-0.3, -0.25) is 0 Å². The number of alkyl halides is 3. The van der Waals surface area contributed by atoms with Crippen LogP contribution in [-0.4, -0.2) is 6.36 Å². The van der Waals surface area contributed by atoms with Crippen LogP contribution in [0.3, 0.4) is 0 Å². The predicted octanol–water partition coefficient (Wildman–Crippen LogP) is 4.50. The number of hydrogen-bond donors (Lipinski definition) is 1. The molecule has 0 atom stereocenters. The van der Waals surface area contributed by atoms with Gasteiger partial charge in [0.15, 0.2) is 0 Å². The van der Waals surface area contributed by atoms with E-state index < -0.39 is 12.2 Å². The van der Waals surface area contributed by atoms with E-state index in [1.165, 1.54) is 30.3 Å². The van der Waals surface area contributed by atoms with Crippen molar-refractivity contribution in [2.75, 3.05) is 0 Å². The van der Waals surface area contributed by atoms with Gasteiger partial charge in [0.25, 0.3) is 0 Å². The minimum absolute atomic E-state index is 0.144. The van der Waals surface area contributed by atoms with Gasteiger partial charge >= 0.3 is 6.36 Å². The highest BCUT2D eigenvalue weighted by Crippen LogP contribution is 2.33. The van der Waals surface area contributed by atoms with Gasteiger partial charge in [-0.2, -0.15) is 0 Å². The molecule has 0 amide bonds. The number of hydrogen-bond acceptors (Lipinski definition) is 2. The van der Waals surface area contributed by atoms with E-state index in [0.717, 1.165) is 6.07 Å². The zero-order valence-corrected chi connectivity index (χ0v) is 11.3. The quantitative estimate of drug-likeness (QED) is 0.845. The summed E-state index contributed by atoms with van der Waals surface area (Å²) >= 11 is 5.96. The van der Waals surface area contributed by atoms with Gasteiger partial charge in [0.05, 0.1) is 0 Å². The van der Waals surface area contributed by atoms with Gasteiger partial charge in [-0.1, -0.05) is 17.7 Å². The van der Waals surface area contributed by atoms with Gasteiger partial charge in [0, 0.05) is 22.7 Å². The third-order valence-electron chi connectivity index (χ3n) is 2.75. The summed E-state index contributed by atoms with van der Waals surface area (Å²) in [7, 11) is 0. The van der Waals surface area contributed by atoms with Crippen molar-refractivity contribution in [3.63, 3.8) is 0 Å². The normalized spacial score (nSPS) is 11.5. The van der Waals surface area contributed by atoms with Gasteiger partial charge in [-0.15, -0.1) is 13.2 Å². The van der Waals surface area contributed by atoms with E-state index in [1.54, 1.807) is 0 Å². The van der Waals surface area contributed by atoms with Gasteiger partial charge in [-0.05, 0) is 35.9 Å². The summed E-state index contributed by atoms with van der Waals surface area (Å²) in [5.74, 6) is -0.888. The third-order valence-corrected chi connectivity index (χ3v) is 3.08. The van der Waals surface area contributed by atoms with E-state index in [2.05, 4.69) is 4.74 Å². The van der Waals surface area contributed by atoms with Crippen LogP contribution >= 0.6 is 11.6 Å². The Kier molecular flexibility index (Phi) is 4.39. The molecule has 0 bridgehead atoms. The highest BCUT2D eigenvalue weighted by Gasteiger charge is 2.32. The molecule has 0 spiro atoms. The van der Waals surface area contributed by atoms with Crippen molar-refractivity contribution in [3.8, 4) is 16.9 Å². The topological polar surface area (TPSA) is 35.2 Å². The molecule has 2 aromatic rings. The SMILES string of the molecule is NCc1cc(-c2cc(F)ccc2Cl)ccc1OC(F)(F)F. The maximum atomic E-state index is 13.3. The summed E-state index contributed by atoms with van der Waals surface area (Å²) in [6.07, 6.45) is -4.80. The first-order valence-corrected chi connectivity index (χ1v) is 6.22. The van der Waals surface area contributed by atoms with E-state index in [0.29, 0.717) is 11.1 Å². The smallest absolute Gasteiger partial charge is 0.405 e. The van der Waals surface area contributed by atoms with E-state index in [-0.39, 0.29) is 22.9 Å². The molecule has 112 valence electrons. The van der Waals surface area contributed by atoms with Gasteiger partial charge in [-0.25, -0.2) is 4.39 Å². The molecule has 2 rings (SSSR count). The summed E-state index contributed by atoms with van der Waals surface area (Å²) < 4.78 is 53.9. The molecule has 0 fully saturated rings. The van der Waals surface area contributed by atoms with Gasteiger partial charge in [0.1, 0.15) is 11.6 Å². The second-order valence-corrected chi connectivity index (χ2v) is 4.61. The Morgan fingerprint density at radius 2 is 1.81 bits per heavy atom. The Hall–Kier alpha value is -1.79. The lowest BCUT2D eigenvalue weighted by molar-refractivity contribution is -0.274. The predicted molar refractivity (Wildman–Crippen MR) is 71.4 cm³/mol. The molecule has 0 unspecified atom stereocenters. The van der Waals surface area contributed by atoms with E-state index in [9.17, 15) is 17.6 Å². The molecule has 2 nitrogen and oxygen atoms in total. The summed E-state index contributed by atoms with van der Waals surface area (Å²) in [5, 5.41) is 0.281. The van der Waals surface area contributed by atoms with Crippen molar-refractivity contribution in [2.24, 2.45) is 5.73 Å². The summed E-state index contributed by atoms with van der Waals surface area (Å²) in [5.41, 5.74) is 6.39. The summed E-state index contributed by atoms with van der Waals surface area (Å²) in [4.78, 5) is 0. The molecular weight excluding hydrogens is 310 g/mol. The number of benzene rings is 2. The van der Waals surface area contributed by atoms with Crippen LogP contribution in [0.25, 0.3) is 11.1 Å². The highest BCUT2D eigenvalue weighted by molar-refractivity contribution is 6.33. The van der Waals surface area contributed by atoms with E-state index >= 15 is 0 Å². The Bertz CT molecular complexity index is 658. The zero-order valence-electron chi connectivity index (χ0n) is 10.5. The minimum Gasteiger partial charge on any atom is -0.405 e. The second-order valence-electron chi connectivity index (χ2n) is 4.20. The van der Waals surface area contributed by atoms with Crippen LogP contribution in [0.4, 0.5) is 17.6 Å². The first-order valence-electron chi connectivity index (χ1n) is 5.84. The van der Waals surface area contributed by atoms with Crippen molar-refractivity contribution >= 4 is 11.6 Å². The molecule has 0 aliphatic rings. The number of halogens is 5. The average Bonchev–Trinajstić information content (AvgIpc) is 2.40. The largest absolute Gasteiger partial charge is 0.573 e. The highest BCUT2D eigenvalue weighted by atomic mass is 35.5. The number of rotatable bonds is 3. The van der Waals surface area contributed by atoms with Crippen LogP contribution in [0.15, 0.2) is 36.4 Å². The van der Waals surface area contributed by atoms with Crippen LogP contribution in [0, 0.1) is 5.82 Å². The van der Waals surface area contributed by atoms with Crippen molar-refractivity contribution in [2.45, 2.75) is 12.9 Å². The summed E-state index contributed by atoms with van der Waals surface area (Å²) in [6.45, 7) is -0.161. The maximum absolute atomic E-state index is 13.3. The molecule has 0 saturated carbocycles. The van der Waals surface area contributed by atoms with E-state index in [4.69, 9.17) is 17.3 Å². The Morgan fingerprint density at radius 1 is 1.10 bits per heavy atom. The zero-order chi connectivity index (χ0) is 15.6.